The highest BCUT2D eigenvalue weighted by Gasteiger charge is 2.13. The van der Waals surface area contributed by atoms with Crippen LogP contribution in [0.2, 0.25) is 0 Å². The van der Waals surface area contributed by atoms with Gasteiger partial charge in [0.25, 0.3) is 5.91 Å². The van der Waals surface area contributed by atoms with Gasteiger partial charge in [-0.25, -0.2) is 5.06 Å². The standard InChI is InChI=1S/C10H19NO2/c1-5-7-8-11(13-6-2)10(12)9(3)4/h3,5-8H2,1-2,4H3. The predicted octanol–water partition coefficient (Wildman–Crippen LogP) is 2.14. The van der Waals surface area contributed by atoms with E-state index < -0.39 is 0 Å². The lowest BCUT2D eigenvalue weighted by Crippen LogP contribution is -2.32. The van der Waals surface area contributed by atoms with Crippen LogP contribution in [0.4, 0.5) is 0 Å². The van der Waals surface area contributed by atoms with Crippen LogP contribution in [0.15, 0.2) is 12.2 Å². The third-order valence-corrected chi connectivity index (χ3v) is 1.59. The normalized spacial score (nSPS) is 9.77. The Balaban J connectivity index is 4.06. The highest BCUT2D eigenvalue weighted by atomic mass is 16.7. The fourth-order valence-corrected chi connectivity index (χ4v) is 0.895. The average molecular weight is 185 g/mol. The second-order valence-electron chi connectivity index (χ2n) is 2.96. The summed E-state index contributed by atoms with van der Waals surface area (Å²) in [7, 11) is 0. The zero-order valence-corrected chi connectivity index (χ0v) is 8.80. The number of amides is 1. The summed E-state index contributed by atoms with van der Waals surface area (Å²) >= 11 is 0. The molecule has 76 valence electrons. The van der Waals surface area contributed by atoms with Crippen molar-refractivity contribution in [3.63, 3.8) is 0 Å². The molecule has 0 radical (unpaired) electrons. The van der Waals surface area contributed by atoms with Crippen molar-refractivity contribution in [1.29, 1.82) is 0 Å². The van der Waals surface area contributed by atoms with E-state index in [4.69, 9.17) is 4.84 Å². The zero-order valence-electron chi connectivity index (χ0n) is 8.80. The summed E-state index contributed by atoms with van der Waals surface area (Å²) < 4.78 is 0. The predicted molar refractivity (Wildman–Crippen MR) is 53.1 cm³/mol. The molecule has 0 aromatic carbocycles. The summed E-state index contributed by atoms with van der Waals surface area (Å²) in [6.07, 6.45) is 2.01. The van der Waals surface area contributed by atoms with Crippen molar-refractivity contribution < 1.29 is 9.63 Å². The topological polar surface area (TPSA) is 29.5 Å². The third kappa shape index (κ3) is 4.68. The first-order valence-corrected chi connectivity index (χ1v) is 4.73. The maximum absolute atomic E-state index is 11.4. The molecule has 0 fully saturated rings. The Labute approximate surface area is 80.3 Å². The molecular weight excluding hydrogens is 166 g/mol. The number of carbonyl (C=O) groups is 1. The highest BCUT2D eigenvalue weighted by Crippen LogP contribution is 2.02. The minimum Gasteiger partial charge on any atom is -0.271 e. The van der Waals surface area contributed by atoms with Crippen LogP contribution in [-0.4, -0.2) is 24.1 Å². The van der Waals surface area contributed by atoms with Gasteiger partial charge in [-0.1, -0.05) is 19.9 Å². The second kappa shape index (κ2) is 6.66. The average Bonchev–Trinajstić information content (AvgIpc) is 2.11. The first-order chi connectivity index (χ1) is 6.13. The van der Waals surface area contributed by atoms with Crippen molar-refractivity contribution in [3.8, 4) is 0 Å². The third-order valence-electron chi connectivity index (χ3n) is 1.59. The quantitative estimate of drug-likeness (QED) is 0.468. The molecule has 0 atom stereocenters. The van der Waals surface area contributed by atoms with Crippen molar-refractivity contribution in [3.05, 3.63) is 12.2 Å². The summed E-state index contributed by atoms with van der Waals surface area (Å²) in [4.78, 5) is 16.6. The molecule has 1 amide bonds. The lowest BCUT2D eigenvalue weighted by molar-refractivity contribution is -0.180. The van der Waals surface area contributed by atoms with Gasteiger partial charge in [0.05, 0.1) is 6.61 Å². The smallest absolute Gasteiger partial charge is 0.271 e. The van der Waals surface area contributed by atoms with Gasteiger partial charge in [-0.15, -0.1) is 0 Å². The van der Waals surface area contributed by atoms with E-state index in [2.05, 4.69) is 13.5 Å². The fourth-order valence-electron chi connectivity index (χ4n) is 0.895. The molecule has 0 aliphatic rings. The number of hydrogen-bond donors (Lipinski definition) is 0. The number of hydrogen-bond acceptors (Lipinski definition) is 2. The van der Waals surface area contributed by atoms with Crippen LogP contribution in [0.25, 0.3) is 0 Å². The number of carbonyl (C=O) groups excluding carboxylic acids is 1. The Hall–Kier alpha value is -0.830. The van der Waals surface area contributed by atoms with Crippen LogP contribution in [0.3, 0.4) is 0 Å². The van der Waals surface area contributed by atoms with E-state index in [1.165, 1.54) is 5.06 Å². The molecule has 0 N–H and O–H groups in total. The molecule has 0 aromatic rings. The van der Waals surface area contributed by atoms with Crippen molar-refractivity contribution in [2.24, 2.45) is 0 Å². The largest absolute Gasteiger partial charge is 0.272 e. The van der Waals surface area contributed by atoms with E-state index in [0.29, 0.717) is 18.7 Å². The van der Waals surface area contributed by atoms with Gasteiger partial charge in [0.15, 0.2) is 0 Å². The maximum Gasteiger partial charge on any atom is 0.272 e. The second-order valence-corrected chi connectivity index (χ2v) is 2.96. The van der Waals surface area contributed by atoms with E-state index in [9.17, 15) is 4.79 Å². The minimum absolute atomic E-state index is 0.115. The van der Waals surface area contributed by atoms with E-state index in [1.54, 1.807) is 6.92 Å². The van der Waals surface area contributed by atoms with Crippen LogP contribution in [0, 0.1) is 0 Å². The summed E-state index contributed by atoms with van der Waals surface area (Å²) in [5, 5.41) is 1.39. The Morgan fingerprint density at radius 3 is 2.46 bits per heavy atom. The van der Waals surface area contributed by atoms with Gasteiger partial charge in [-0.2, -0.15) is 0 Å². The van der Waals surface area contributed by atoms with Crippen LogP contribution >= 0.6 is 0 Å². The number of nitrogens with zero attached hydrogens (tertiary/aromatic N) is 1. The van der Waals surface area contributed by atoms with Gasteiger partial charge in [0, 0.05) is 12.1 Å². The molecule has 0 aliphatic heterocycles. The Morgan fingerprint density at radius 2 is 2.08 bits per heavy atom. The fraction of sp³-hybridized carbons (Fsp3) is 0.700. The zero-order chi connectivity index (χ0) is 10.3. The molecule has 0 heterocycles. The van der Waals surface area contributed by atoms with Gasteiger partial charge in [-0.3, -0.25) is 9.63 Å². The molecule has 0 saturated carbocycles. The molecule has 3 heteroatoms. The minimum atomic E-state index is -0.115. The molecular formula is C10H19NO2. The van der Waals surface area contributed by atoms with E-state index >= 15 is 0 Å². The number of rotatable bonds is 6. The first kappa shape index (κ1) is 12.2. The summed E-state index contributed by atoms with van der Waals surface area (Å²) in [6.45, 7) is 10.4. The van der Waals surface area contributed by atoms with E-state index in [0.717, 1.165) is 12.8 Å². The Morgan fingerprint density at radius 1 is 1.46 bits per heavy atom. The molecule has 0 unspecified atom stereocenters. The van der Waals surface area contributed by atoms with Crippen molar-refractivity contribution in [2.45, 2.75) is 33.6 Å². The van der Waals surface area contributed by atoms with Crippen LogP contribution < -0.4 is 0 Å². The Kier molecular flexibility index (Phi) is 6.24. The molecule has 0 spiro atoms. The summed E-state index contributed by atoms with van der Waals surface area (Å²) in [5.41, 5.74) is 0.518. The van der Waals surface area contributed by atoms with Crippen molar-refractivity contribution in [2.75, 3.05) is 13.2 Å². The molecule has 0 aromatic heterocycles. The molecule has 13 heavy (non-hydrogen) atoms. The first-order valence-electron chi connectivity index (χ1n) is 4.73. The number of hydroxylamine groups is 2. The lowest BCUT2D eigenvalue weighted by Gasteiger charge is -2.20. The van der Waals surface area contributed by atoms with Gasteiger partial charge in [0.2, 0.25) is 0 Å². The van der Waals surface area contributed by atoms with Gasteiger partial charge in [0.1, 0.15) is 0 Å². The lowest BCUT2D eigenvalue weighted by atomic mass is 10.3. The molecule has 0 bridgehead atoms. The van der Waals surface area contributed by atoms with E-state index in [1.807, 2.05) is 6.92 Å². The summed E-state index contributed by atoms with van der Waals surface area (Å²) in [5.74, 6) is -0.115. The van der Waals surface area contributed by atoms with Gasteiger partial charge in [-0.05, 0) is 20.3 Å². The van der Waals surface area contributed by atoms with Crippen molar-refractivity contribution >= 4 is 5.91 Å². The molecule has 3 nitrogen and oxygen atoms in total. The van der Waals surface area contributed by atoms with Crippen LogP contribution in [0.1, 0.15) is 33.6 Å². The molecule has 0 aliphatic carbocycles. The highest BCUT2D eigenvalue weighted by molar-refractivity contribution is 5.91. The Bertz CT molecular complexity index is 178. The van der Waals surface area contributed by atoms with Gasteiger partial charge >= 0.3 is 0 Å². The van der Waals surface area contributed by atoms with Crippen molar-refractivity contribution in [1.82, 2.24) is 5.06 Å². The molecule has 0 rings (SSSR count). The van der Waals surface area contributed by atoms with E-state index in [-0.39, 0.29) is 5.91 Å². The maximum atomic E-state index is 11.4. The van der Waals surface area contributed by atoms with Crippen LogP contribution in [-0.2, 0) is 9.63 Å². The number of unbranched alkanes of at least 4 members (excludes halogenated alkanes) is 1. The van der Waals surface area contributed by atoms with Crippen LogP contribution in [0.5, 0.6) is 0 Å². The molecule has 0 saturated heterocycles. The monoisotopic (exact) mass is 185 g/mol. The summed E-state index contributed by atoms with van der Waals surface area (Å²) in [6, 6.07) is 0. The van der Waals surface area contributed by atoms with Gasteiger partial charge < -0.3 is 0 Å². The SMILES string of the molecule is C=C(C)C(=O)N(CCCC)OCC.